The fourth-order valence-corrected chi connectivity index (χ4v) is 4.59. The van der Waals surface area contributed by atoms with Gasteiger partial charge in [-0.05, 0) is 49.4 Å². The molecular weight excluding hydrogens is 554 g/mol. The minimum absolute atomic E-state index is 0.0376. The maximum absolute atomic E-state index is 13.2. The van der Waals surface area contributed by atoms with Gasteiger partial charge in [0.05, 0.1) is 29.0 Å². The molecule has 0 aliphatic heterocycles. The molecule has 5 aromatic rings. The van der Waals surface area contributed by atoms with Gasteiger partial charge in [-0.3, -0.25) is 14.8 Å². The number of imidazole rings is 1. The SMILES string of the molecule is Cc1cc(-c2ncc(Cl)n2C)c2cc(OCc3c(Cl)ccnc3Cn3cccc(C(F)(F)F)c3=O)ccc2n1. The van der Waals surface area contributed by atoms with Gasteiger partial charge < -0.3 is 13.9 Å². The number of ether oxygens (including phenoxy) is 1. The lowest BCUT2D eigenvalue weighted by atomic mass is 10.1. The van der Waals surface area contributed by atoms with Gasteiger partial charge in [-0.2, -0.15) is 13.2 Å². The van der Waals surface area contributed by atoms with Crippen LogP contribution in [0, 0.1) is 6.92 Å². The largest absolute Gasteiger partial charge is 0.489 e. The first-order valence-electron chi connectivity index (χ1n) is 11.6. The molecule has 0 unspecified atom stereocenters. The molecule has 5 rings (SSSR count). The highest BCUT2D eigenvalue weighted by Gasteiger charge is 2.34. The number of hydrogen-bond donors (Lipinski definition) is 0. The van der Waals surface area contributed by atoms with E-state index in [1.165, 1.54) is 18.5 Å². The van der Waals surface area contributed by atoms with E-state index in [-0.39, 0.29) is 13.2 Å². The van der Waals surface area contributed by atoms with Gasteiger partial charge in [-0.15, -0.1) is 0 Å². The number of aryl methyl sites for hydroxylation is 1. The van der Waals surface area contributed by atoms with Gasteiger partial charge in [0, 0.05) is 41.6 Å². The molecule has 0 saturated carbocycles. The zero-order valence-corrected chi connectivity index (χ0v) is 22.1. The highest BCUT2D eigenvalue weighted by Crippen LogP contribution is 2.32. The van der Waals surface area contributed by atoms with E-state index in [0.717, 1.165) is 32.8 Å². The predicted molar refractivity (Wildman–Crippen MR) is 142 cm³/mol. The molecule has 7 nitrogen and oxygen atoms in total. The first-order chi connectivity index (χ1) is 18.5. The molecule has 0 aliphatic carbocycles. The van der Waals surface area contributed by atoms with E-state index < -0.39 is 17.3 Å². The predicted octanol–water partition coefficient (Wildman–Crippen LogP) is 6.45. The lowest BCUT2D eigenvalue weighted by Gasteiger charge is -2.15. The van der Waals surface area contributed by atoms with Crippen LogP contribution in [0.4, 0.5) is 13.2 Å². The Kier molecular flexibility index (Phi) is 7.09. The Morgan fingerprint density at radius 3 is 2.59 bits per heavy atom. The second-order valence-electron chi connectivity index (χ2n) is 8.81. The van der Waals surface area contributed by atoms with Gasteiger partial charge in [0.15, 0.2) is 0 Å². The minimum atomic E-state index is -4.77. The van der Waals surface area contributed by atoms with E-state index >= 15 is 0 Å². The summed E-state index contributed by atoms with van der Waals surface area (Å²) in [5.41, 5.74) is 0.698. The van der Waals surface area contributed by atoms with Crippen LogP contribution >= 0.6 is 23.2 Å². The Hall–Kier alpha value is -3.89. The van der Waals surface area contributed by atoms with Gasteiger partial charge in [-0.25, -0.2) is 4.98 Å². The number of alkyl halides is 3. The Morgan fingerprint density at radius 2 is 1.87 bits per heavy atom. The summed E-state index contributed by atoms with van der Waals surface area (Å²) < 4.78 is 48.4. The molecule has 12 heteroatoms. The van der Waals surface area contributed by atoms with E-state index in [0.29, 0.717) is 33.0 Å². The maximum atomic E-state index is 13.2. The number of benzene rings is 1. The van der Waals surface area contributed by atoms with E-state index in [9.17, 15) is 18.0 Å². The molecule has 0 bridgehead atoms. The number of pyridine rings is 3. The number of aromatic nitrogens is 5. The van der Waals surface area contributed by atoms with Crippen molar-refractivity contribution in [1.82, 2.24) is 24.1 Å². The summed E-state index contributed by atoms with van der Waals surface area (Å²) in [7, 11) is 1.81. The summed E-state index contributed by atoms with van der Waals surface area (Å²) in [6, 6.07) is 10.8. The fraction of sp³-hybridized carbons (Fsp3) is 0.185. The smallest absolute Gasteiger partial charge is 0.421 e. The Balaban J connectivity index is 1.47. The van der Waals surface area contributed by atoms with Gasteiger partial charge in [0.1, 0.15) is 28.9 Å². The summed E-state index contributed by atoms with van der Waals surface area (Å²) in [5.74, 6) is 1.16. The van der Waals surface area contributed by atoms with Crippen molar-refractivity contribution < 1.29 is 17.9 Å². The molecule has 39 heavy (non-hydrogen) atoms. The lowest BCUT2D eigenvalue weighted by molar-refractivity contribution is -0.138. The number of rotatable bonds is 6. The number of fused-ring (bicyclic) bond motifs is 1. The number of nitrogens with zero attached hydrogens (tertiary/aromatic N) is 5. The molecule has 0 saturated heterocycles. The van der Waals surface area contributed by atoms with Crippen LogP contribution < -0.4 is 10.3 Å². The van der Waals surface area contributed by atoms with Crippen molar-refractivity contribution >= 4 is 34.1 Å². The van der Waals surface area contributed by atoms with Crippen LogP contribution in [-0.4, -0.2) is 24.1 Å². The van der Waals surface area contributed by atoms with E-state index in [1.54, 1.807) is 22.9 Å². The third kappa shape index (κ3) is 5.35. The highest BCUT2D eigenvalue weighted by atomic mass is 35.5. The summed E-state index contributed by atoms with van der Waals surface area (Å²) in [4.78, 5) is 25.7. The minimum Gasteiger partial charge on any atom is -0.489 e. The average molecular weight is 574 g/mol. The third-order valence-corrected chi connectivity index (χ3v) is 6.90. The second-order valence-corrected chi connectivity index (χ2v) is 9.61. The molecule has 0 fully saturated rings. The van der Waals surface area contributed by atoms with Crippen molar-refractivity contribution in [1.29, 1.82) is 0 Å². The molecular formula is C27H20Cl2F3N5O2. The Bertz CT molecular complexity index is 1770. The quantitative estimate of drug-likeness (QED) is 0.233. The molecule has 4 aromatic heterocycles. The van der Waals surface area contributed by atoms with Crippen LogP contribution in [0.3, 0.4) is 0 Å². The van der Waals surface area contributed by atoms with E-state index in [2.05, 4.69) is 15.0 Å². The van der Waals surface area contributed by atoms with Crippen molar-refractivity contribution in [3.05, 3.63) is 104 Å². The maximum Gasteiger partial charge on any atom is 0.421 e. The normalized spacial score (nSPS) is 11.8. The van der Waals surface area contributed by atoms with Crippen LogP contribution in [0.1, 0.15) is 22.5 Å². The summed E-state index contributed by atoms with van der Waals surface area (Å²) in [6.45, 7) is 1.64. The summed E-state index contributed by atoms with van der Waals surface area (Å²) in [5, 5.41) is 1.58. The van der Waals surface area contributed by atoms with E-state index in [4.69, 9.17) is 27.9 Å². The van der Waals surface area contributed by atoms with Crippen molar-refractivity contribution in [2.75, 3.05) is 0 Å². The average Bonchev–Trinajstić information content (AvgIpc) is 3.21. The molecule has 4 heterocycles. The van der Waals surface area contributed by atoms with Crippen LogP contribution in [0.5, 0.6) is 5.75 Å². The van der Waals surface area contributed by atoms with Crippen molar-refractivity contribution in [2.45, 2.75) is 26.3 Å². The van der Waals surface area contributed by atoms with E-state index in [1.807, 2.05) is 32.2 Å². The van der Waals surface area contributed by atoms with Crippen molar-refractivity contribution in [3.8, 4) is 17.1 Å². The molecule has 0 amide bonds. The van der Waals surface area contributed by atoms with Crippen LogP contribution in [0.25, 0.3) is 22.3 Å². The van der Waals surface area contributed by atoms with Gasteiger partial charge in [0.2, 0.25) is 0 Å². The van der Waals surface area contributed by atoms with Crippen LogP contribution in [0.15, 0.2) is 65.8 Å². The molecule has 0 aliphatic rings. The zero-order valence-electron chi connectivity index (χ0n) is 20.6. The second kappa shape index (κ2) is 10.3. The van der Waals surface area contributed by atoms with Crippen molar-refractivity contribution in [3.63, 3.8) is 0 Å². The molecule has 0 atom stereocenters. The fourth-order valence-electron chi connectivity index (χ4n) is 4.24. The molecule has 0 N–H and O–H groups in total. The number of halogens is 5. The molecule has 200 valence electrons. The molecule has 1 aromatic carbocycles. The monoisotopic (exact) mass is 573 g/mol. The topological polar surface area (TPSA) is 74.8 Å². The summed E-state index contributed by atoms with van der Waals surface area (Å²) in [6.07, 6.45) is -0.500. The summed E-state index contributed by atoms with van der Waals surface area (Å²) >= 11 is 12.6. The molecule has 0 radical (unpaired) electrons. The van der Waals surface area contributed by atoms with Gasteiger partial charge >= 0.3 is 6.18 Å². The molecule has 0 spiro atoms. The van der Waals surface area contributed by atoms with Crippen molar-refractivity contribution in [2.24, 2.45) is 7.05 Å². The highest BCUT2D eigenvalue weighted by molar-refractivity contribution is 6.31. The Morgan fingerprint density at radius 1 is 1.08 bits per heavy atom. The standard InChI is InChI=1S/C27H20Cl2F3N5O2/c1-15-10-18(25-34-12-24(29)36(25)2)17-11-16(5-6-22(17)35-15)39-14-19-21(28)7-8-33-23(19)13-37-9-3-4-20(26(37)38)27(30,31)32/h3-12H,13-14H2,1-2H3. The first-order valence-corrected chi connectivity index (χ1v) is 12.4. The van der Waals surface area contributed by atoms with Crippen LogP contribution in [-0.2, 0) is 26.4 Å². The lowest BCUT2D eigenvalue weighted by Crippen LogP contribution is -2.28. The Labute approximate surface area is 230 Å². The van der Waals surface area contributed by atoms with Gasteiger partial charge in [-0.1, -0.05) is 23.2 Å². The number of hydrogen-bond acceptors (Lipinski definition) is 5. The zero-order chi connectivity index (χ0) is 27.9. The first kappa shape index (κ1) is 26.7. The van der Waals surface area contributed by atoms with Gasteiger partial charge in [0.25, 0.3) is 5.56 Å². The third-order valence-electron chi connectivity index (χ3n) is 6.20. The van der Waals surface area contributed by atoms with Crippen LogP contribution in [0.2, 0.25) is 10.2 Å².